The van der Waals surface area contributed by atoms with Crippen molar-refractivity contribution < 1.29 is 0 Å². The van der Waals surface area contributed by atoms with Crippen LogP contribution >= 0.6 is 27.7 Å². The molecule has 0 saturated carbocycles. The third-order valence-electron chi connectivity index (χ3n) is 2.89. The van der Waals surface area contributed by atoms with Gasteiger partial charge in [0.15, 0.2) is 0 Å². The minimum atomic E-state index is 0.392. The molecule has 96 valence electrons. The average Bonchev–Trinajstić information content (AvgIpc) is 2.34. The predicted molar refractivity (Wildman–Crippen MR) is 81.9 cm³/mol. The summed E-state index contributed by atoms with van der Waals surface area (Å²) in [5.74, 6) is 1.22. The van der Waals surface area contributed by atoms with Crippen LogP contribution in [0.2, 0.25) is 0 Å². The van der Waals surface area contributed by atoms with Crippen molar-refractivity contribution in [2.45, 2.75) is 44.0 Å². The van der Waals surface area contributed by atoms with Crippen LogP contribution in [-0.2, 0) is 0 Å². The molecule has 1 nitrogen and oxygen atoms in total. The molecule has 0 saturated heterocycles. The zero-order valence-corrected chi connectivity index (χ0v) is 13.3. The zero-order chi connectivity index (χ0) is 12.7. The smallest absolute Gasteiger partial charge is 0.0300 e. The Balaban J connectivity index is 2.56. The molecule has 1 aromatic rings. The van der Waals surface area contributed by atoms with E-state index in [1.165, 1.54) is 39.9 Å². The van der Waals surface area contributed by atoms with E-state index in [2.05, 4.69) is 53.3 Å². The number of thioether (sulfide) groups is 1. The molecule has 0 fully saturated rings. The van der Waals surface area contributed by atoms with Crippen molar-refractivity contribution in [2.75, 3.05) is 12.8 Å². The summed E-state index contributed by atoms with van der Waals surface area (Å²) in [6.45, 7) is 4.42. The predicted octanol–water partition coefficient (Wildman–Crippen LogP) is 5.01. The first kappa shape index (κ1) is 15.1. The van der Waals surface area contributed by atoms with Crippen LogP contribution in [0, 0.1) is 0 Å². The van der Waals surface area contributed by atoms with Crippen LogP contribution in [0.25, 0.3) is 0 Å². The van der Waals surface area contributed by atoms with Crippen molar-refractivity contribution in [2.24, 2.45) is 0 Å². The molecule has 1 N–H and O–H groups in total. The molecular weight excluding hydrogens is 294 g/mol. The van der Waals surface area contributed by atoms with Crippen molar-refractivity contribution in [1.82, 2.24) is 5.32 Å². The highest BCUT2D eigenvalue weighted by molar-refractivity contribution is 9.10. The molecule has 1 aromatic carbocycles. The molecule has 0 aliphatic rings. The molecule has 0 heterocycles. The first-order valence-corrected chi connectivity index (χ1v) is 8.06. The summed E-state index contributed by atoms with van der Waals surface area (Å²) in [6, 6.07) is 7.07. The fraction of sp³-hybridized carbons (Fsp3) is 0.571. The maximum absolute atomic E-state index is 3.66. The van der Waals surface area contributed by atoms with Gasteiger partial charge in [-0.3, -0.25) is 0 Å². The van der Waals surface area contributed by atoms with E-state index < -0.39 is 0 Å². The Labute approximate surface area is 118 Å². The number of nitrogens with one attached hydrogen (secondary N) is 1. The van der Waals surface area contributed by atoms with E-state index >= 15 is 0 Å². The second kappa shape index (κ2) is 8.17. The van der Waals surface area contributed by atoms with Crippen LogP contribution in [0.3, 0.4) is 0 Å². The quantitative estimate of drug-likeness (QED) is 0.560. The van der Waals surface area contributed by atoms with Crippen LogP contribution in [0.15, 0.2) is 27.6 Å². The molecule has 0 amide bonds. The maximum atomic E-state index is 3.66. The minimum absolute atomic E-state index is 0.392. The third-order valence-corrected chi connectivity index (χ3v) is 4.65. The SMILES string of the molecule is CCCCCSc1ccc(C(C)NC)c(Br)c1. The Hall–Kier alpha value is 0.01000. The van der Waals surface area contributed by atoms with Crippen LogP contribution in [0.5, 0.6) is 0 Å². The van der Waals surface area contributed by atoms with Crippen LogP contribution in [0.4, 0.5) is 0 Å². The molecule has 1 atom stereocenters. The van der Waals surface area contributed by atoms with E-state index in [0.29, 0.717) is 6.04 Å². The summed E-state index contributed by atoms with van der Waals surface area (Å²) in [4.78, 5) is 1.36. The minimum Gasteiger partial charge on any atom is -0.313 e. The molecule has 0 bridgehead atoms. The Kier molecular flexibility index (Phi) is 7.24. The maximum Gasteiger partial charge on any atom is 0.0300 e. The molecule has 0 aromatic heterocycles. The van der Waals surface area contributed by atoms with Gasteiger partial charge in [0, 0.05) is 15.4 Å². The highest BCUT2D eigenvalue weighted by Crippen LogP contribution is 2.29. The lowest BCUT2D eigenvalue weighted by atomic mass is 10.1. The second-order valence-corrected chi connectivity index (χ2v) is 6.27. The molecular formula is C14H22BrNS. The van der Waals surface area contributed by atoms with E-state index in [0.717, 1.165) is 0 Å². The number of hydrogen-bond acceptors (Lipinski definition) is 2. The van der Waals surface area contributed by atoms with E-state index in [-0.39, 0.29) is 0 Å². The topological polar surface area (TPSA) is 12.0 Å². The van der Waals surface area contributed by atoms with Gasteiger partial charge in [-0.2, -0.15) is 0 Å². The fourth-order valence-corrected chi connectivity index (χ4v) is 3.47. The van der Waals surface area contributed by atoms with Gasteiger partial charge in [-0.15, -0.1) is 11.8 Å². The molecule has 0 spiro atoms. The van der Waals surface area contributed by atoms with E-state index in [9.17, 15) is 0 Å². The second-order valence-electron chi connectivity index (χ2n) is 4.25. The van der Waals surface area contributed by atoms with Gasteiger partial charge in [-0.05, 0) is 43.8 Å². The number of hydrogen-bond donors (Lipinski definition) is 1. The van der Waals surface area contributed by atoms with E-state index in [1.54, 1.807) is 0 Å². The standard InChI is InChI=1S/C14H22BrNS/c1-4-5-6-9-17-12-7-8-13(11(2)16-3)14(15)10-12/h7-8,10-11,16H,4-6,9H2,1-3H3. The Morgan fingerprint density at radius 3 is 2.71 bits per heavy atom. The monoisotopic (exact) mass is 315 g/mol. The first-order valence-electron chi connectivity index (χ1n) is 6.28. The largest absolute Gasteiger partial charge is 0.313 e. The molecule has 1 rings (SSSR count). The van der Waals surface area contributed by atoms with Crippen molar-refractivity contribution in [3.05, 3.63) is 28.2 Å². The summed E-state index contributed by atoms with van der Waals surface area (Å²) in [6.07, 6.45) is 3.94. The molecule has 0 radical (unpaired) electrons. The number of halogens is 1. The Morgan fingerprint density at radius 2 is 2.12 bits per heavy atom. The summed E-state index contributed by atoms with van der Waals surface area (Å²) in [7, 11) is 1.99. The van der Waals surface area contributed by atoms with Gasteiger partial charge in [0.1, 0.15) is 0 Å². The fourth-order valence-electron chi connectivity index (χ4n) is 1.65. The Morgan fingerprint density at radius 1 is 1.35 bits per heavy atom. The van der Waals surface area contributed by atoms with Crippen LogP contribution in [-0.4, -0.2) is 12.8 Å². The van der Waals surface area contributed by atoms with Crippen LogP contribution in [0.1, 0.15) is 44.7 Å². The lowest BCUT2D eigenvalue weighted by Crippen LogP contribution is -2.12. The molecule has 1 unspecified atom stereocenters. The van der Waals surface area contributed by atoms with Crippen molar-refractivity contribution in [3.8, 4) is 0 Å². The zero-order valence-electron chi connectivity index (χ0n) is 10.9. The van der Waals surface area contributed by atoms with E-state index in [4.69, 9.17) is 0 Å². The van der Waals surface area contributed by atoms with Gasteiger partial charge >= 0.3 is 0 Å². The van der Waals surface area contributed by atoms with Crippen molar-refractivity contribution >= 4 is 27.7 Å². The third kappa shape index (κ3) is 5.02. The number of unbranched alkanes of at least 4 members (excludes halogenated alkanes) is 2. The highest BCUT2D eigenvalue weighted by Gasteiger charge is 2.07. The molecule has 3 heteroatoms. The Bertz CT molecular complexity index is 341. The number of benzene rings is 1. The van der Waals surface area contributed by atoms with E-state index in [1.807, 2.05) is 18.8 Å². The highest BCUT2D eigenvalue weighted by atomic mass is 79.9. The molecule has 17 heavy (non-hydrogen) atoms. The lowest BCUT2D eigenvalue weighted by molar-refractivity contribution is 0.649. The molecule has 0 aliphatic heterocycles. The van der Waals surface area contributed by atoms with Gasteiger partial charge in [0.25, 0.3) is 0 Å². The van der Waals surface area contributed by atoms with Gasteiger partial charge < -0.3 is 5.32 Å². The summed E-state index contributed by atoms with van der Waals surface area (Å²) in [5.41, 5.74) is 1.32. The van der Waals surface area contributed by atoms with Crippen LogP contribution < -0.4 is 5.32 Å². The van der Waals surface area contributed by atoms with Gasteiger partial charge in [-0.25, -0.2) is 0 Å². The number of rotatable bonds is 7. The lowest BCUT2D eigenvalue weighted by Gasteiger charge is -2.13. The normalized spacial score (nSPS) is 12.7. The van der Waals surface area contributed by atoms with Gasteiger partial charge in [-0.1, -0.05) is 41.8 Å². The first-order chi connectivity index (χ1) is 8.19. The van der Waals surface area contributed by atoms with Gasteiger partial charge in [0.2, 0.25) is 0 Å². The van der Waals surface area contributed by atoms with Gasteiger partial charge in [0.05, 0.1) is 0 Å². The summed E-state index contributed by atoms with van der Waals surface area (Å²) < 4.78 is 1.21. The summed E-state index contributed by atoms with van der Waals surface area (Å²) in [5, 5.41) is 3.26. The molecule has 0 aliphatic carbocycles. The average molecular weight is 316 g/mol. The van der Waals surface area contributed by atoms with Crippen molar-refractivity contribution in [1.29, 1.82) is 0 Å². The van der Waals surface area contributed by atoms with Crippen molar-refractivity contribution in [3.63, 3.8) is 0 Å². The summed E-state index contributed by atoms with van der Waals surface area (Å²) >= 11 is 5.61.